The van der Waals surface area contributed by atoms with Gasteiger partial charge in [0.15, 0.2) is 0 Å². The Morgan fingerprint density at radius 2 is 1.73 bits per heavy atom. The maximum atomic E-state index is 13.0. The Balaban J connectivity index is 2.58. The van der Waals surface area contributed by atoms with Crippen molar-refractivity contribution in [2.24, 2.45) is 22.2 Å². The van der Waals surface area contributed by atoms with Crippen LogP contribution in [0.1, 0.15) is 107 Å². The fourth-order valence-corrected chi connectivity index (χ4v) is 6.45. The summed E-state index contributed by atoms with van der Waals surface area (Å²) in [6.07, 6.45) is 3.39. The molecule has 4 amide bonds. The number of amides is 4. The van der Waals surface area contributed by atoms with E-state index in [1.807, 2.05) is 41.5 Å². The van der Waals surface area contributed by atoms with E-state index in [1.54, 1.807) is 23.6 Å². The summed E-state index contributed by atoms with van der Waals surface area (Å²) in [5.41, 5.74) is -0.316. The van der Waals surface area contributed by atoms with Crippen molar-refractivity contribution in [2.75, 3.05) is 39.5 Å². The highest BCUT2D eigenvalue weighted by atomic mass is 32.2. The van der Waals surface area contributed by atoms with Crippen LogP contribution in [0.15, 0.2) is 4.99 Å². The van der Waals surface area contributed by atoms with E-state index >= 15 is 0 Å². The van der Waals surface area contributed by atoms with Gasteiger partial charge in [-0.25, -0.2) is 0 Å². The van der Waals surface area contributed by atoms with Crippen LogP contribution in [-0.4, -0.2) is 113 Å². The number of hydrogen-bond donors (Lipinski definition) is 3. The molecule has 3 N–H and O–H groups in total. The second-order valence-corrected chi connectivity index (χ2v) is 15.5. The number of ether oxygens (including phenoxy) is 1. The largest absolute Gasteiger partial charge is 0.460 e. The van der Waals surface area contributed by atoms with Crippen LogP contribution in [0.3, 0.4) is 0 Å². The van der Waals surface area contributed by atoms with Crippen LogP contribution < -0.4 is 10.6 Å². The first-order valence-corrected chi connectivity index (χ1v) is 18.5. The molecule has 12 nitrogen and oxygen atoms in total. The Hall–Kier alpha value is -2.67. The molecule has 48 heavy (non-hydrogen) atoms. The van der Waals surface area contributed by atoms with E-state index in [0.29, 0.717) is 38.6 Å². The zero-order valence-corrected chi connectivity index (χ0v) is 31.9. The quantitative estimate of drug-likeness (QED) is 0.153. The second-order valence-electron chi connectivity index (χ2n) is 14.4. The van der Waals surface area contributed by atoms with Gasteiger partial charge in [-0.15, -0.1) is 11.8 Å². The smallest absolute Gasteiger partial charge is 0.325 e. The number of rotatable bonds is 21. The molecule has 1 aliphatic rings. The van der Waals surface area contributed by atoms with Crippen LogP contribution in [0.2, 0.25) is 0 Å². The van der Waals surface area contributed by atoms with Gasteiger partial charge in [-0.1, -0.05) is 54.9 Å². The number of aliphatic imine (C=N–C) groups is 1. The third kappa shape index (κ3) is 16.2. The molecule has 1 heterocycles. The van der Waals surface area contributed by atoms with Gasteiger partial charge in [-0.05, 0) is 49.9 Å². The summed E-state index contributed by atoms with van der Waals surface area (Å²) in [6, 6.07) is -0.677. The van der Waals surface area contributed by atoms with Crippen LogP contribution in [-0.2, 0) is 28.7 Å². The van der Waals surface area contributed by atoms with E-state index in [-0.39, 0.29) is 72.5 Å². The van der Waals surface area contributed by atoms with Crippen molar-refractivity contribution in [3.8, 4) is 0 Å². The summed E-state index contributed by atoms with van der Waals surface area (Å²) in [5.74, 6) is -0.246. The summed E-state index contributed by atoms with van der Waals surface area (Å²) in [4.78, 5) is 69.9. The lowest BCUT2D eigenvalue weighted by Gasteiger charge is -2.33. The van der Waals surface area contributed by atoms with E-state index in [1.165, 1.54) is 19.0 Å². The Labute approximate surface area is 292 Å². The monoisotopic (exact) mass is 697 g/mol. The highest BCUT2D eigenvalue weighted by Crippen LogP contribution is 2.31. The van der Waals surface area contributed by atoms with E-state index < -0.39 is 18.1 Å². The number of likely N-dealkylation sites (N-methyl/N-ethyl adjacent to an activating group) is 2. The molecule has 4 unspecified atom stereocenters. The summed E-state index contributed by atoms with van der Waals surface area (Å²) >= 11 is 1.59. The SMILES string of the molecule is CCCN(CC(=O)OC(C[C@@H](C)CC(O)CC1=NC(CCC(=O)NCC(=O)N(C)[C@@H](C)C(=O)NC)CS1)C(C)(C)C)C(=O)CC(C)CC. The molecule has 1 aliphatic heterocycles. The van der Waals surface area contributed by atoms with E-state index in [9.17, 15) is 29.1 Å². The van der Waals surface area contributed by atoms with Gasteiger partial charge in [0.05, 0.1) is 23.7 Å². The van der Waals surface area contributed by atoms with Crippen LogP contribution >= 0.6 is 11.8 Å². The summed E-state index contributed by atoms with van der Waals surface area (Å²) in [7, 11) is 3.03. The Morgan fingerprint density at radius 1 is 1.06 bits per heavy atom. The standard InChI is InChI=1S/C35H63N5O7S/c1-11-15-40(31(43)18-23(3)12-2)21-33(45)47-28(35(6,7)8)17-24(4)16-27(41)19-30-38-26(22-48-30)13-14-29(42)37-20-32(44)39(10)25(5)34(46)36-9/h23-28,41H,11-22H2,1-10H3,(H,36,46)(H,37,42)/t23?,24-,25-,26?,27?,28?/m0/s1. The van der Waals surface area contributed by atoms with Gasteiger partial charge < -0.3 is 30.3 Å². The van der Waals surface area contributed by atoms with Crippen molar-refractivity contribution in [1.82, 2.24) is 20.4 Å². The maximum absolute atomic E-state index is 13.0. The van der Waals surface area contributed by atoms with Gasteiger partial charge >= 0.3 is 5.97 Å². The topological polar surface area (TPSA) is 158 Å². The predicted octanol–water partition coefficient (Wildman–Crippen LogP) is 3.79. The third-order valence-corrected chi connectivity index (χ3v) is 9.99. The molecule has 1 rings (SSSR count). The molecule has 0 saturated heterocycles. The van der Waals surface area contributed by atoms with Crippen LogP contribution in [0.5, 0.6) is 0 Å². The number of esters is 1. The number of nitrogens with zero attached hydrogens (tertiary/aromatic N) is 3. The minimum atomic E-state index is -0.637. The van der Waals surface area contributed by atoms with Gasteiger partial charge in [0, 0.05) is 45.7 Å². The second kappa shape index (κ2) is 21.4. The molecule has 0 aromatic carbocycles. The van der Waals surface area contributed by atoms with Crippen LogP contribution in [0, 0.1) is 17.3 Å². The molecule has 276 valence electrons. The van der Waals surface area contributed by atoms with Crippen LogP contribution in [0.4, 0.5) is 0 Å². The zero-order chi connectivity index (χ0) is 36.6. The van der Waals surface area contributed by atoms with Crippen molar-refractivity contribution in [3.63, 3.8) is 0 Å². The number of aliphatic hydroxyl groups excluding tert-OH is 1. The van der Waals surface area contributed by atoms with Crippen molar-refractivity contribution in [3.05, 3.63) is 0 Å². The first kappa shape index (κ1) is 43.4. The molecule has 0 saturated carbocycles. The number of aliphatic hydroxyl groups is 1. The number of hydrogen-bond acceptors (Lipinski definition) is 9. The number of carbonyl (C=O) groups excluding carboxylic acids is 5. The van der Waals surface area contributed by atoms with Gasteiger partial charge in [0.2, 0.25) is 23.6 Å². The van der Waals surface area contributed by atoms with Gasteiger partial charge in [-0.3, -0.25) is 29.0 Å². The van der Waals surface area contributed by atoms with Gasteiger partial charge in [0.1, 0.15) is 18.7 Å². The molecule has 0 radical (unpaired) electrons. The van der Waals surface area contributed by atoms with E-state index in [4.69, 9.17) is 9.73 Å². The summed E-state index contributed by atoms with van der Waals surface area (Å²) in [5, 5.41) is 16.9. The molecule has 6 atom stereocenters. The van der Waals surface area contributed by atoms with Crippen molar-refractivity contribution in [2.45, 2.75) is 131 Å². The average Bonchev–Trinajstić information content (AvgIpc) is 3.46. The molecule has 13 heteroatoms. The Kier molecular flexibility index (Phi) is 19.3. The van der Waals surface area contributed by atoms with Gasteiger partial charge in [0.25, 0.3) is 0 Å². The molecule has 0 aromatic rings. The molecule has 0 bridgehead atoms. The first-order chi connectivity index (χ1) is 22.4. The minimum absolute atomic E-state index is 0.0182. The Bertz CT molecular complexity index is 1100. The fourth-order valence-electron chi connectivity index (χ4n) is 5.29. The lowest BCUT2D eigenvalue weighted by Crippen LogP contribution is -2.48. The average molecular weight is 698 g/mol. The number of nitrogens with one attached hydrogen (secondary N) is 2. The number of carbonyl (C=O) groups is 5. The van der Waals surface area contributed by atoms with Crippen molar-refractivity contribution >= 4 is 46.4 Å². The molecular weight excluding hydrogens is 634 g/mol. The maximum Gasteiger partial charge on any atom is 0.325 e. The van der Waals surface area contributed by atoms with Gasteiger partial charge in [-0.2, -0.15) is 0 Å². The van der Waals surface area contributed by atoms with E-state index in [2.05, 4.69) is 17.6 Å². The van der Waals surface area contributed by atoms with Crippen molar-refractivity contribution < 1.29 is 33.8 Å². The first-order valence-electron chi connectivity index (χ1n) is 17.5. The molecule has 0 aliphatic carbocycles. The zero-order valence-electron chi connectivity index (χ0n) is 31.1. The van der Waals surface area contributed by atoms with Crippen molar-refractivity contribution in [1.29, 1.82) is 0 Å². The minimum Gasteiger partial charge on any atom is -0.460 e. The summed E-state index contributed by atoms with van der Waals surface area (Å²) < 4.78 is 5.97. The molecular formula is C35H63N5O7S. The highest BCUT2D eigenvalue weighted by Gasteiger charge is 2.32. The number of thioether (sulfide) groups is 1. The molecule has 0 fully saturated rings. The Morgan fingerprint density at radius 3 is 2.31 bits per heavy atom. The highest BCUT2D eigenvalue weighted by molar-refractivity contribution is 8.14. The lowest BCUT2D eigenvalue weighted by atomic mass is 9.82. The predicted molar refractivity (Wildman–Crippen MR) is 192 cm³/mol. The normalized spacial score (nSPS) is 17.7. The molecule has 0 spiro atoms. The molecule has 0 aromatic heterocycles. The lowest BCUT2D eigenvalue weighted by molar-refractivity contribution is -0.160. The fraction of sp³-hybridized carbons (Fsp3) is 0.829. The van der Waals surface area contributed by atoms with Crippen LogP contribution in [0.25, 0.3) is 0 Å². The summed E-state index contributed by atoms with van der Waals surface area (Å²) in [6.45, 7) is 16.1. The third-order valence-electron chi connectivity index (χ3n) is 8.84. The van der Waals surface area contributed by atoms with E-state index in [0.717, 1.165) is 23.6 Å².